The minimum absolute atomic E-state index is 0.309. The predicted molar refractivity (Wildman–Crippen MR) is 107 cm³/mol. The number of anilines is 1. The van der Waals surface area contributed by atoms with Gasteiger partial charge in [0.1, 0.15) is 11.4 Å². The zero-order chi connectivity index (χ0) is 19.0. The van der Waals surface area contributed by atoms with Gasteiger partial charge in [-0.15, -0.1) is 0 Å². The van der Waals surface area contributed by atoms with Gasteiger partial charge in [-0.05, 0) is 42.6 Å². The Morgan fingerprint density at radius 3 is 2.81 bits per heavy atom. The van der Waals surface area contributed by atoms with Crippen LogP contribution >= 0.6 is 22.9 Å². The summed E-state index contributed by atoms with van der Waals surface area (Å²) >= 11 is 7.72. The number of methoxy groups -OCH3 is 1. The van der Waals surface area contributed by atoms with E-state index in [1.165, 1.54) is 7.11 Å². The second-order valence-electron chi connectivity index (χ2n) is 5.90. The smallest absolute Gasteiger partial charge is 0.274 e. The molecule has 136 valence electrons. The van der Waals surface area contributed by atoms with Gasteiger partial charge < -0.3 is 10.1 Å². The lowest BCUT2D eigenvalue weighted by Gasteiger charge is -2.08. The van der Waals surface area contributed by atoms with Gasteiger partial charge in [0.25, 0.3) is 5.91 Å². The molecule has 0 aliphatic carbocycles. The highest BCUT2D eigenvalue weighted by Crippen LogP contribution is 2.27. The van der Waals surface area contributed by atoms with Crippen molar-refractivity contribution in [2.45, 2.75) is 6.92 Å². The number of rotatable bonds is 4. The van der Waals surface area contributed by atoms with Crippen molar-refractivity contribution in [3.05, 3.63) is 63.6 Å². The number of aromatic nitrogens is 3. The molecule has 0 aliphatic heterocycles. The average molecular weight is 399 g/mol. The first kappa shape index (κ1) is 17.5. The second kappa shape index (κ2) is 7.02. The Hall–Kier alpha value is -2.90. The predicted octanol–water partition coefficient (Wildman–Crippen LogP) is 4.68. The molecular weight excluding hydrogens is 384 g/mol. The van der Waals surface area contributed by atoms with Crippen LogP contribution in [0.2, 0.25) is 5.02 Å². The Bertz CT molecular complexity index is 1140. The Morgan fingerprint density at radius 1 is 1.26 bits per heavy atom. The molecule has 3 heterocycles. The number of carbonyl (C=O) groups is 1. The Morgan fingerprint density at radius 2 is 2.11 bits per heavy atom. The summed E-state index contributed by atoms with van der Waals surface area (Å²) in [5.74, 6) is 0.227. The van der Waals surface area contributed by atoms with Gasteiger partial charge in [-0.2, -0.15) is 16.4 Å². The fourth-order valence-corrected chi connectivity index (χ4v) is 3.64. The summed E-state index contributed by atoms with van der Waals surface area (Å²) in [6.07, 6.45) is 0. The van der Waals surface area contributed by atoms with Crippen LogP contribution in [0.4, 0.5) is 5.69 Å². The van der Waals surface area contributed by atoms with Gasteiger partial charge in [0.05, 0.1) is 17.8 Å². The van der Waals surface area contributed by atoms with Crippen molar-refractivity contribution in [3.8, 4) is 17.0 Å². The minimum Gasteiger partial charge on any atom is -0.495 e. The van der Waals surface area contributed by atoms with Crippen molar-refractivity contribution in [3.63, 3.8) is 0 Å². The molecule has 6 nitrogen and oxygen atoms in total. The van der Waals surface area contributed by atoms with Crippen LogP contribution in [-0.4, -0.2) is 27.6 Å². The molecule has 1 aromatic carbocycles. The van der Waals surface area contributed by atoms with Gasteiger partial charge in [0, 0.05) is 28.4 Å². The lowest BCUT2D eigenvalue weighted by molar-refractivity contribution is 0.102. The number of ether oxygens (including phenoxy) is 1. The van der Waals surface area contributed by atoms with Crippen molar-refractivity contribution in [1.29, 1.82) is 0 Å². The first-order valence-corrected chi connectivity index (χ1v) is 9.42. The van der Waals surface area contributed by atoms with Crippen molar-refractivity contribution >= 4 is 40.2 Å². The maximum atomic E-state index is 12.6. The molecule has 1 amide bonds. The van der Waals surface area contributed by atoms with E-state index in [1.54, 1.807) is 40.1 Å². The number of aryl methyl sites for hydroxylation is 1. The Kier molecular flexibility index (Phi) is 4.55. The molecule has 0 spiro atoms. The fraction of sp³-hybridized carbons (Fsp3) is 0.105. The van der Waals surface area contributed by atoms with Crippen molar-refractivity contribution in [2.75, 3.05) is 12.4 Å². The molecule has 0 radical (unpaired) electrons. The van der Waals surface area contributed by atoms with E-state index in [-0.39, 0.29) is 5.91 Å². The van der Waals surface area contributed by atoms with E-state index in [4.69, 9.17) is 16.3 Å². The molecule has 1 N–H and O–H groups in total. The van der Waals surface area contributed by atoms with Gasteiger partial charge in [-0.25, -0.2) is 9.50 Å². The molecule has 0 saturated heterocycles. The van der Waals surface area contributed by atoms with E-state index in [0.717, 1.165) is 17.0 Å². The maximum absolute atomic E-state index is 12.6. The van der Waals surface area contributed by atoms with E-state index in [2.05, 4.69) is 15.4 Å². The molecule has 0 fully saturated rings. The van der Waals surface area contributed by atoms with Gasteiger partial charge in [0.15, 0.2) is 5.65 Å². The third kappa shape index (κ3) is 3.39. The van der Waals surface area contributed by atoms with E-state index >= 15 is 0 Å². The summed E-state index contributed by atoms with van der Waals surface area (Å²) in [5, 5.41) is 11.8. The van der Waals surface area contributed by atoms with Gasteiger partial charge in [-0.1, -0.05) is 11.6 Å². The highest BCUT2D eigenvalue weighted by molar-refractivity contribution is 7.08. The molecule has 8 heteroatoms. The molecule has 27 heavy (non-hydrogen) atoms. The Labute approximate surface area is 164 Å². The normalized spacial score (nSPS) is 10.9. The van der Waals surface area contributed by atoms with Crippen LogP contribution < -0.4 is 10.1 Å². The number of thiophene rings is 1. The first-order chi connectivity index (χ1) is 13.0. The van der Waals surface area contributed by atoms with Gasteiger partial charge >= 0.3 is 0 Å². The molecule has 0 saturated carbocycles. The first-order valence-electron chi connectivity index (χ1n) is 8.10. The summed E-state index contributed by atoms with van der Waals surface area (Å²) < 4.78 is 6.85. The molecule has 4 aromatic rings. The molecule has 0 atom stereocenters. The lowest BCUT2D eigenvalue weighted by atomic mass is 10.2. The third-order valence-corrected chi connectivity index (χ3v) is 5.04. The highest BCUT2D eigenvalue weighted by Gasteiger charge is 2.14. The number of carbonyl (C=O) groups excluding carboxylic acids is 1. The zero-order valence-electron chi connectivity index (χ0n) is 14.6. The number of nitrogens with zero attached hydrogens (tertiary/aromatic N) is 3. The van der Waals surface area contributed by atoms with E-state index in [0.29, 0.717) is 27.8 Å². The van der Waals surface area contributed by atoms with Crippen LogP contribution in [0.5, 0.6) is 5.75 Å². The van der Waals surface area contributed by atoms with Crippen molar-refractivity contribution in [2.24, 2.45) is 0 Å². The van der Waals surface area contributed by atoms with Crippen molar-refractivity contribution < 1.29 is 9.53 Å². The van der Waals surface area contributed by atoms with Crippen LogP contribution in [0.1, 0.15) is 16.2 Å². The van der Waals surface area contributed by atoms with E-state index in [1.807, 2.05) is 29.8 Å². The molecule has 3 aromatic heterocycles. The number of benzene rings is 1. The summed E-state index contributed by atoms with van der Waals surface area (Å²) in [4.78, 5) is 17.1. The van der Waals surface area contributed by atoms with E-state index < -0.39 is 0 Å². The minimum atomic E-state index is -0.319. The number of nitrogens with one attached hydrogen (secondary N) is 1. The molecular formula is C19H15ClN4O2S. The fourth-order valence-electron chi connectivity index (χ4n) is 2.73. The molecule has 0 bridgehead atoms. The average Bonchev–Trinajstić information content (AvgIpc) is 3.31. The van der Waals surface area contributed by atoms with Crippen LogP contribution in [0, 0.1) is 6.92 Å². The van der Waals surface area contributed by atoms with Crippen LogP contribution in [-0.2, 0) is 0 Å². The summed E-state index contributed by atoms with van der Waals surface area (Å²) in [6.45, 7) is 1.89. The molecule has 0 aliphatic rings. The molecule has 4 rings (SSSR count). The van der Waals surface area contributed by atoms with Crippen LogP contribution in [0.25, 0.3) is 16.9 Å². The summed E-state index contributed by atoms with van der Waals surface area (Å²) in [7, 11) is 1.54. The lowest BCUT2D eigenvalue weighted by Crippen LogP contribution is -2.15. The zero-order valence-corrected chi connectivity index (χ0v) is 16.1. The van der Waals surface area contributed by atoms with Crippen LogP contribution in [0.15, 0.2) is 47.2 Å². The second-order valence-corrected chi connectivity index (χ2v) is 7.09. The molecule has 0 unspecified atom stereocenters. The Balaban J connectivity index is 1.65. The monoisotopic (exact) mass is 398 g/mol. The standard InChI is InChI=1S/C19H15ClN4O2S/c1-11-7-16(19(25)21-13-3-4-17(26-2)14(20)8-13)22-18-9-15(23-24(11)18)12-5-6-27-10-12/h3-10H,1-2H3,(H,21,25). The largest absolute Gasteiger partial charge is 0.495 e. The number of fused-ring (bicyclic) bond motifs is 1. The maximum Gasteiger partial charge on any atom is 0.274 e. The number of amides is 1. The summed E-state index contributed by atoms with van der Waals surface area (Å²) in [5.41, 5.74) is 4.17. The number of hydrogen-bond acceptors (Lipinski definition) is 5. The van der Waals surface area contributed by atoms with Crippen LogP contribution in [0.3, 0.4) is 0 Å². The SMILES string of the molecule is COc1ccc(NC(=O)c2cc(C)n3nc(-c4ccsc4)cc3n2)cc1Cl. The quantitative estimate of drug-likeness (QED) is 0.542. The van der Waals surface area contributed by atoms with Gasteiger partial charge in [0.2, 0.25) is 0 Å². The van der Waals surface area contributed by atoms with Crippen molar-refractivity contribution in [1.82, 2.24) is 14.6 Å². The highest BCUT2D eigenvalue weighted by atomic mass is 35.5. The third-order valence-electron chi connectivity index (χ3n) is 4.06. The number of halogens is 1. The number of hydrogen-bond donors (Lipinski definition) is 1. The van der Waals surface area contributed by atoms with E-state index in [9.17, 15) is 4.79 Å². The summed E-state index contributed by atoms with van der Waals surface area (Å²) in [6, 6.07) is 10.6. The van der Waals surface area contributed by atoms with Gasteiger partial charge in [-0.3, -0.25) is 4.79 Å². The topological polar surface area (TPSA) is 68.5 Å².